The van der Waals surface area contributed by atoms with Crippen molar-refractivity contribution in [2.24, 2.45) is 5.92 Å². The molecule has 1 aromatic carbocycles. The fourth-order valence-corrected chi connectivity index (χ4v) is 5.70. The molecular formula is C19H30NO5P. The molecular weight excluding hydrogens is 353 g/mol. The van der Waals surface area contributed by atoms with Gasteiger partial charge in [-0.15, -0.1) is 0 Å². The molecule has 0 bridgehead atoms. The number of aliphatic hydroxyl groups excluding tert-OH is 1. The van der Waals surface area contributed by atoms with E-state index in [-0.39, 0.29) is 24.3 Å². The SMILES string of the molecule is C[C@@H](NC[C@@H](O)CP(=O)(O)CC1CCCCC1)c1ccc(C(=O)O)cc1. The standard InChI is InChI=1S/C19H30NO5P/c1-14(16-7-9-17(10-8-16)19(22)23)20-11-18(21)13-26(24,25)12-15-5-3-2-4-6-15/h7-10,14-15,18,20-21H,2-6,11-13H2,1H3,(H,22,23)(H,24,25)/t14-,18-/m1/s1. The van der Waals surface area contributed by atoms with Gasteiger partial charge >= 0.3 is 5.97 Å². The number of hydrogen-bond donors (Lipinski definition) is 4. The van der Waals surface area contributed by atoms with Gasteiger partial charge in [-0.05, 0) is 43.4 Å². The average molecular weight is 383 g/mol. The predicted octanol–water partition coefficient (Wildman–Crippen LogP) is 3.25. The Balaban J connectivity index is 1.78. The number of carboxylic acids is 1. The minimum absolute atomic E-state index is 0.0822. The summed E-state index contributed by atoms with van der Waals surface area (Å²) in [6, 6.07) is 6.45. The highest BCUT2D eigenvalue weighted by molar-refractivity contribution is 7.58. The van der Waals surface area contributed by atoms with Crippen LogP contribution in [0.2, 0.25) is 0 Å². The molecule has 0 amide bonds. The summed E-state index contributed by atoms with van der Waals surface area (Å²) in [7, 11) is -3.32. The summed E-state index contributed by atoms with van der Waals surface area (Å²) in [4.78, 5) is 21.1. The molecule has 1 unspecified atom stereocenters. The van der Waals surface area contributed by atoms with Gasteiger partial charge in [-0.2, -0.15) is 0 Å². The van der Waals surface area contributed by atoms with Crippen LogP contribution in [0.25, 0.3) is 0 Å². The van der Waals surface area contributed by atoms with Crippen molar-refractivity contribution < 1.29 is 24.5 Å². The summed E-state index contributed by atoms with van der Waals surface area (Å²) < 4.78 is 12.4. The van der Waals surface area contributed by atoms with Gasteiger partial charge in [-0.3, -0.25) is 4.57 Å². The normalized spacial score (nSPS) is 20.3. The fraction of sp³-hybridized carbons (Fsp3) is 0.632. The maximum atomic E-state index is 12.4. The van der Waals surface area contributed by atoms with Crippen LogP contribution in [-0.2, 0) is 4.57 Å². The second-order valence-corrected chi connectivity index (χ2v) is 9.85. The molecule has 1 aliphatic rings. The molecule has 1 aliphatic carbocycles. The van der Waals surface area contributed by atoms with Gasteiger partial charge in [0.15, 0.2) is 0 Å². The van der Waals surface area contributed by atoms with Crippen molar-refractivity contribution in [3.63, 3.8) is 0 Å². The van der Waals surface area contributed by atoms with E-state index in [0.29, 0.717) is 12.1 Å². The van der Waals surface area contributed by atoms with Gasteiger partial charge in [0.1, 0.15) is 0 Å². The van der Waals surface area contributed by atoms with Crippen molar-refractivity contribution in [3.05, 3.63) is 35.4 Å². The van der Waals surface area contributed by atoms with Crippen molar-refractivity contribution in [3.8, 4) is 0 Å². The third kappa shape index (κ3) is 6.84. The predicted molar refractivity (Wildman–Crippen MR) is 102 cm³/mol. The Morgan fingerprint density at radius 1 is 1.23 bits per heavy atom. The molecule has 4 N–H and O–H groups in total. The zero-order chi connectivity index (χ0) is 19.2. The van der Waals surface area contributed by atoms with Crippen LogP contribution in [0.1, 0.15) is 61.0 Å². The van der Waals surface area contributed by atoms with E-state index in [4.69, 9.17) is 5.11 Å². The monoisotopic (exact) mass is 383 g/mol. The Morgan fingerprint density at radius 3 is 2.42 bits per heavy atom. The number of benzene rings is 1. The van der Waals surface area contributed by atoms with Gasteiger partial charge in [-0.1, -0.05) is 31.4 Å². The molecule has 1 fully saturated rings. The van der Waals surface area contributed by atoms with Gasteiger partial charge in [-0.25, -0.2) is 4.79 Å². The highest BCUT2D eigenvalue weighted by Crippen LogP contribution is 2.45. The zero-order valence-corrected chi connectivity index (χ0v) is 16.2. The van der Waals surface area contributed by atoms with Crippen molar-refractivity contribution in [2.45, 2.75) is 51.2 Å². The minimum Gasteiger partial charge on any atom is -0.478 e. The molecule has 26 heavy (non-hydrogen) atoms. The molecule has 3 atom stereocenters. The number of carbonyl (C=O) groups is 1. The van der Waals surface area contributed by atoms with Gasteiger partial charge in [0.25, 0.3) is 0 Å². The first-order chi connectivity index (χ1) is 12.3. The summed E-state index contributed by atoms with van der Waals surface area (Å²) in [5, 5.41) is 22.2. The Hall–Kier alpha value is -1.20. The fourth-order valence-electron chi connectivity index (χ4n) is 3.59. The second kappa shape index (κ2) is 9.65. The maximum absolute atomic E-state index is 12.4. The lowest BCUT2D eigenvalue weighted by atomic mass is 9.91. The maximum Gasteiger partial charge on any atom is 0.335 e. The molecule has 146 valence electrons. The Kier molecular flexibility index (Phi) is 7.84. The third-order valence-corrected chi connectivity index (χ3v) is 7.16. The number of nitrogens with one attached hydrogen (secondary N) is 1. The Morgan fingerprint density at radius 2 is 1.85 bits per heavy atom. The largest absolute Gasteiger partial charge is 0.478 e. The summed E-state index contributed by atoms with van der Waals surface area (Å²) >= 11 is 0. The first-order valence-corrected chi connectivity index (χ1v) is 11.4. The van der Waals surface area contributed by atoms with E-state index in [9.17, 15) is 19.4 Å². The Bertz CT molecular complexity index is 627. The van der Waals surface area contributed by atoms with Crippen molar-refractivity contribution in [1.82, 2.24) is 5.32 Å². The van der Waals surface area contributed by atoms with Gasteiger partial charge in [0.05, 0.1) is 17.8 Å². The molecule has 0 heterocycles. The van der Waals surface area contributed by atoms with E-state index >= 15 is 0 Å². The number of carboxylic acid groups (broad SMARTS) is 1. The lowest BCUT2D eigenvalue weighted by molar-refractivity contribution is 0.0697. The molecule has 0 aromatic heterocycles. The molecule has 1 aromatic rings. The van der Waals surface area contributed by atoms with Crippen LogP contribution in [0.3, 0.4) is 0 Å². The van der Waals surface area contributed by atoms with Crippen LogP contribution in [0, 0.1) is 5.92 Å². The smallest absolute Gasteiger partial charge is 0.335 e. The van der Waals surface area contributed by atoms with E-state index < -0.39 is 19.4 Å². The number of rotatable bonds is 9. The van der Waals surface area contributed by atoms with Crippen molar-refractivity contribution >= 4 is 13.3 Å². The van der Waals surface area contributed by atoms with Gasteiger partial charge in [0.2, 0.25) is 7.37 Å². The van der Waals surface area contributed by atoms with E-state index in [0.717, 1.165) is 31.2 Å². The molecule has 1 saturated carbocycles. The van der Waals surface area contributed by atoms with Crippen LogP contribution in [0.4, 0.5) is 0 Å². The number of hydrogen-bond acceptors (Lipinski definition) is 4. The van der Waals surface area contributed by atoms with Crippen LogP contribution < -0.4 is 5.32 Å². The van der Waals surface area contributed by atoms with Crippen LogP contribution in [0.5, 0.6) is 0 Å². The van der Waals surface area contributed by atoms with Gasteiger partial charge in [0, 0.05) is 18.7 Å². The van der Waals surface area contributed by atoms with Crippen LogP contribution >= 0.6 is 7.37 Å². The van der Waals surface area contributed by atoms with E-state index in [1.165, 1.54) is 6.42 Å². The summed E-state index contributed by atoms with van der Waals surface area (Å²) in [5.74, 6) is -0.657. The van der Waals surface area contributed by atoms with E-state index in [2.05, 4.69) is 5.32 Å². The van der Waals surface area contributed by atoms with Crippen LogP contribution in [-0.4, -0.2) is 46.0 Å². The second-order valence-electron chi connectivity index (χ2n) is 7.43. The molecule has 6 nitrogen and oxygen atoms in total. The highest BCUT2D eigenvalue weighted by Gasteiger charge is 2.28. The van der Waals surface area contributed by atoms with Crippen molar-refractivity contribution in [2.75, 3.05) is 18.9 Å². The van der Waals surface area contributed by atoms with Crippen LogP contribution in [0.15, 0.2) is 24.3 Å². The molecule has 0 saturated heterocycles. The molecule has 7 heteroatoms. The van der Waals surface area contributed by atoms with E-state index in [1.807, 2.05) is 6.92 Å². The zero-order valence-electron chi connectivity index (χ0n) is 15.3. The van der Waals surface area contributed by atoms with Gasteiger partial charge < -0.3 is 20.4 Å². The lowest BCUT2D eigenvalue weighted by Crippen LogP contribution is -2.32. The molecule has 0 aliphatic heterocycles. The molecule has 0 spiro atoms. The number of aromatic carboxylic acids is 1. The average Bonchev–Trinajstić information content (AvgIpc) is 2.59. The molecule has 0 radical (unpaired) electrons. The number of aliphatic hydroxyl groups is 1. The first-order valence-electron chi connectivity index (χ1n) is 9.32. The quantitative estimate of drug-likeness (QED) is 0.488. The lowest BCUT2D eigenvalue weighted by Gasteiger charge is -2.25. The third-order valence-electron chi connectivity index (χ3n) is 5.08. The molecule has 2 rings (SSSR count). The first kappa shape index (κ1) is 21.1. The summed E-state index contributed by atoms with van der Waals surface area (Å²) in [5.41, 5.74) is 1.13. The Labute approximate surface area is 155 Å². The summed E-state index contributed by atoms with van der Waals surface area (Å²) in [6.07, 6.45) is 4.86. The minimum atomic E-state index is -3.32. The van der Waals surface area contributed by atoms with Crippen molar-refractivity contribution in [1.29, 1.82) is 0 Å². The highest BCUT2D eigenvalue weighted by atomic mass is 31.2. The topological polar surface area (TPSA) is 107 Å². The summed E-state index contributed by atoms with van der Waals surface area (Å²) in [6.45, 7) is 2.13. The van der Waals surface area contributed by atoms with E-state index in [1.54, 1.807) is 24.3 Å².